The van der Waals surface area contributed by atoms with E-state index in [1.54, 1.807) is 6.07 Å². The van der Waals surface area contributed by atoms with Crippen LogP contribution in [0.5, 0.6) is 5.75 Å². The zero-order valence-electron chi connectivity index (χ0n) is 17.4. The van der Waals surface area contributed by atoms with Gasteiger partial charge in [0.15, 0.2) is 0 Å². The third-order valence-corrected chi connectivity index (χ3v) is 6.37. The number of ether oxygens (including phenoxy) is 1. The van der Waals surface area contributed by atoms with Crippen LogP contribution in [0.2, 0.25) is 10.0 Å². The third kappa shape index (κ3) is 5.51. The van der Waals surface area contributed by atoms with Crippen LogP contribution in [0, 0.1) is 0 Å². The summed E-state index contributed by atoms with van der Waals surface area (Å²) in [6, 6.07) is 18.0. The Morgan fingerprint density at radius 1 is 1.03 bits per heavy atom. The number of rotatable bonds is 9. The molecular weight excluding hydrogens is 431 g/mol. The van der Waals surface area contributed by atoms with Gasteiger partial charge in [-0.15, -0.1) is 0 Å². The summed E-state index contributed by atoms with van der Waals surface area (Å²) in [6.07, 6.45) is 2.63. The minimum absolute atomic E-state index is 0.284. The highest BCUT2D eigenvalue weighted by Gasteiger charge is 2.19. The number of likely N-dealkylation sites (tertiary alicyclic amines) is 1. The fraction of sp³-hybridized carbons (Fsp3) is 0.320. The van der Waals surface area contributed by atoms with Gasteiger partial charge in [-0.2, -0.15) is 0 Å². The molecule has 1 heterocycles. The average Bonchev–Trinajstić information content (AvgIpc) is 3.19. The molecule has 0 atom stereocenters. The van der Waals surface area contributed by atoms with Crippen molar-refractivity contribution in [3.63, 3.8) is 0 Å². The largest absolute Gasteiger partial charge is 0.489 e. The van der Waals surface area contributed by atoms with E-state index in [4.69, 9.17) is 27.9 Å². The second kappa shape index (κ2) is 10.4. The molecule has 0 saturated carbocycles. The molecule has 1 amide bonds. The molecule has 31 heavy (non-hydrogen) atoms. The molecule has 3 aromatic carbocycles. The molecule has 0 bridgehead atoms. The van der Waals surface area contributed by atoms with E-state index < -0.39 is 0 Å². The van der Waals surface area contributed by atoms with Gasteiger partial charge >= 0.3 is 0 Å². The SMILES string of the molecule is O=C1CCCN1CCCNCc1c(OCc2ccc(Cl)c(Cl)c2)ccc2ccccc12. The molecule has 1 saturated heterocycles. The second-order valence-corrected chi connectivity index (χ2v) is 8.63. The molecule has 4 rings (SSSR count). The molecule has 1 aliphatic rings. The number of carbonyl (C=O) groups is 1. The van der Waals surface area contributed by atoms with Crippen molar-refractivity contribution in [3.8, 4) is 5.75 Å². The Labute approximate surface area is 193 Å². The number of nitrogens with one attached hydrogen (secondary N) is 1. The van der Waals surface area contributed by atoms with Crippen LogP contribution in [0.1, 0.15) is 30.4 Å². The smallest absolute Gasteiger partial charge is 0.222 e. The van der Waals surface area contributed by atoms with Crippen molar-refractivity contribution < 1.29 is 9.53 Å². The molecule has 1 fully saturated rings. The van der Waals surface area contributed by atoms with Gasteiger partial charge in [0.1, 0.15) is 12.4 Å². The van der Waals surface area contributed by atoms with Crippen LogP contribution in [-0.2, 0) is 17.9 Å². The molecule has 0 unspecified atom stereocenters. The fourth-order valence-electron chi connectivity index (χ4n) is 3.97. The lowest BCUT2D eigenvalue weighted by Gasteiger charge is -2.17. The van der Waals surface area contributed by atoms with E-state index >= 15 is 0 Å². The summed E-state index contributed by atoms with van der Waals surface area (Å²) in [5.41, 5.74) is 2.10. The average molecular weight is 457 g/mol. The van der Waals surface area contributed by atoms with Crippen LogP contribution in [-0.4, -0.2) is 30.4 Å². The molecule has 162 valence electrons. The molecule has 6 heteroatoms. The minimum atomic E-state index is 0.284. The van der Waals surface area contributed by atoms with Gasteiger partial charge < -0.3 is 15.0 Å². The van der Waals surface area contributed by atoms with Crippen molar-refractivity contribution in [1.82, 2.24) is 10.2 Å². The van der Waals surface area contributed by atoms with E-state index in [0.29, 0.717) is 29.6 Å². The number of carbonyl (C=O) groups excluding carboxylic acids is 1. The van der Waals surface area contributed by atoms with Crippen molar-refractivity contribution in [1.29, 1.82) is 0 Å². The lowest BCUT2D eigenvalue weighted by atomic mass is 10.0. The second-order valence-electron chi connectivity index (χ2n) is 7.82. The summed E-state index contributed by atoms with van der Waals surface area (Å²) < 4.78 is 6.18. The van der Waals surface area contributed by atoms with Gasteiger partial charge in [-0.1, -0.05) is 59.6 Å². The van der Waals surface area contributed by atoms with Crippen LogP contribution in [0.15, 0.2) is 54.6 Å². The molecule has 0 aromatic heterocycles. The Morgan fingerprint density at radius 3 is 2.71 bits per heavy atom. The first-order chi connectivity index (χ1) is 15.1. The number of amides is 1. The van der Waals surface area contributed by atoms with Gasteiger partial charge in [0.05, 0.1) is 10.0 Å². The van der Waals surface area contributed by atoms with Crippen molar-refractivity contribution >= 4 is 39.9 Å². The van der Waals surface area contributed by atoms with E-state index in [-0.39, 0.29) is 5.91 Å². The van der Waals surface area contributed by atoms with E-state index in [1.165, 1.54) is 10.8 Å². The monoisotopic (exact) mass is 456 g/mol. The fourth-order valence-corrected chi connectivity index (χ4v) is 4.29. The van der Waals surface area contributed by atoms with Crippen LogP contribution in [0.4, 0.5) is 0 Å². The van der Waals surface area contributed by atoms with Crippen LogP contribution >= 0.6 is 23.2 Å². The Balaban J connectivity index is 1.42. The molecule has 1 N–H and O–H groups in total. The number of hydrogen-bond acceptors (Lipinski definition) is 3. The first kappa shape index (κ1) is 21.9. The maximum Gasteiger partial charge on any atom is 0.222 e. The zero-order chi connectivity index (χ0) is 21.6. The van der Waals surface area contributed by atoms with E-state index in [1.807, 2.05) is 35.2 Å². The summed E-state index contributed by atoms with van der Waals surface area (Å²) in [5.74, 6) is 1.14. The third-order valence-electron chi connectivity index (χ3n) is 5.63. The van der Waals surface area contributed by atoms with E-state index in [9.17, 15) is 4.79 Å². The molecule has 0 spiro atoms. The highest BCUT2D eigenvalue weighted by molar-refractivity contribution is 6.42. The quantitative estimate of drug-likeness (QED) is 0.411. The number of fused-ring (bicyclic) bond motifs is 1. The number of nitrogens with zero attached hydrogens (tertiary/aromatic N) is 1. The summed E-state index contributed by atoms with van der Waals surface area (Å²) in [5, 5.41) is 6.96. The molecule has 0 aliphatic carbocycles. The van der Waals surface area contributed by atoms with Crippen molar-refractivity contribution in [2.75, 3.05) is 19.6 Å². The number of halogens is 2. The van der Waals surface area contributed by atoms with Gasteiger partial charge in [-0.05, 0) is 53.9 Å². The lowest BCUT2D eigenvalue weighted by molar-refractivity contribution is -0.127. The maximum atomic E-state index is 11.8. The Bertz CT molecular complexity index is 1070. The molecule has 1 aliphatic heterocycles. The van der Waals surface area contributed by atoms with Gasteiger partial charge in [0.25, 0.3) is 0 Å². The molecule has 3 aromatic rings. The Morgan fingerprint density at radius 2 is 1.90 bits per heavy atom. The van der Waals surface area contributed by atoms with Crippen molar-refractivity contribution in [2.45, 2.75) is 32.4 Å². The van der Waals surface area contributed by atoms with Crippen molar-refractivity contribution in [2.24, 2.45) is 0 Å². The zero-order valence-corrected chi connectivity index (χ0v) is 18.9. The lowest BCUT2D eigenvalue weighted by Crippen LogP contribution is -2.28. The number of hydrogen-bond donors (Lipinski definition) is 1. The standard InChI is InChI=1S/C25H26Cl2N2O2/c26-22-10-8-18(15-23(22)27)17-31-24-11-9-19-5-1-2-6-20(19)21(24)16-28-12-4-14-29-13-3-7-25(29)30/h1-2,5-6,8-11,15,28H,3-4,7,12-14,16-17H2. The molecule has 0 radical (unpaired) electrons. The molecule has 4 nitrogen and oxygen atoms in total. The van der Waals surface area contributed by atoms with Crippen LogP contribution in [0.3, 0.4) is 0 Å². The molecular formula is C25H26Cl2N2O2. The van der Waals surface area contributed by atoms with E-state index in [2.05, 4.69) is 23.5 Å². The van der Waals surface area contributed by atoms with Crippen LogP contribution < -0.4 is 10.1 Å². The topological polar surface area (TPSA) is 41.6 Å². The highest BCUT2D eigenvalue weighted by atomic mass is 35.5. The first-order valence-corrected chi connectivity index (χ1v) is 11.4. The van der Waals surface area contributed by atoms with Gasteiger partial charge in [-0.3, -0.25) is 4.79 Å². The summed E-state index contributed by atoms with van der Waals surface area (Å²) >= 11 is 12.2. The maximum absolute atomic E-state index is 11.8. The van der Waals surface area contributed by atoms with Gasteiger partial charge in [-0.25, -0.2) is 0 Å². The predicted octanol–water partition coefficient (Wildman–Crippen LogP) is 5.83. The minimum Gasteiger partial charge on any atom is -0.489 e. The number of benzene rings is 3. The predicted molar refractivity (Wildman–Crippen MR) is 127 cm³/mol. The Hall–Kier alpha value is -2.27. The van der Waals surface area contributed by atoms with E-state index in [0.717, 1.165) is 49.4 Å². The van der Waals surface area contributed by atoms with Gasteiger partial charge in [0, 0.05) is 31.6 Å². The highest BCUT2D eigenvalue weighted by Crippen LogP contribution is 2.29. The summed E-state index contributed by atoms with van der Waals surface area (Å²) in [4.78, 5) is 13.7. The first-order valence-electron chi connectivity index (χ1n) is 10.7. The summed E-state index contributed by atoms with van der Waals surface area (Å²) in [6.45, 7) is 3.68. The van der Waals surface area contributed by atoms with Crippen molar-refractivity contribution in [3.05, 3.63) is 75.8 Å². The van der Waals surface area contributed by atoms with Crippen LogP contribution in [0.25, 0.3) is 10.8 Å². The Kier molecular flexibility index (Phi) is 7.33. The normalized spacial score (nSPS) is 13.9. The summed E-state index contributed by atoms with van der Waals surface area (Å²) in [7, 11) is 0. The van der Waals surface area contributed by atoms with Gasteiger partial charge in [0.2, 0.25) is 5.91 Å².